The molecule has 0 aliphatic heterocycles. The van der Waals surface area contributed by atoms with Gasteiger partial charge in [0.25, 0.3) is 0 Å². The van der Waals surface area contributed by atoms with Gasteiger partial charge in [0.2, 0.25) is 5.91 Å². The van der Waals surface area contributed by atoms with Gasteiger partial charge in [-0.05, 0) is 42.5 Å². The molecule has 0 fully saturated rings. The Morgan fingerprint density at radius 3 is 2.50 bits per heavy atom. The summed E-state index contributed by atoms with van der Waals surface area (Å²) in [5.41, 5.74) is 1.37. The number of carbonyl (C=O) groups is 1. The summed E-state index contributed by atoms with van der Waals surface area (Å²) in [6.45, 7) is 0. The Morgan fingerprint density at radius 1 is 1.08 bits per heavy atom. The standard InChI is InChI=1S/C17H13Cl3N4OS/c1-24-16(10-2-4-11(18)5-3-10)22-23-17(24)26-9-15(25)21-14-8-12(19)6-7-13(14)20/h2-8H,9H2,1H3,(H,21,25). The molecule has 5 nitrogen and oxygen atoms in total. The summed E-state index contributed by atoms with van der Waals surface area (Å²) in [7, 11) is 1.85. The molecule has 0 radical (unpaired) electrons. The molecule has 1 heterocycles. The second-order valence-electron chi connectivity index (χ2n) is 5.33. The summed E-state index contributed by atoms with van der Waals surface area (Å²) in [6.07, 6.45) is 0. The number of halogens is 3. The fourth-order valence-corrected chi connectivity index (χ4v) is 3.37. The van der Waals surface area contributed by atoms with Crippen molar-refractivity contribution in [3.63, 3.8) is 0 Å². The highest BCUT2D eigenvalue weighted by atomic mass is 35.5. The van der Waals surface area contributed by atoms with E-state index in [-0.39, 0.29) is 11.7 Å². The van der Waals surface area contributed by atoms with E-state index in [1.165, 1.54) is 11.8 Å². The van der Waals surface area contributed by atoms with E-state index < -0.39 is 0 Å². The minimum absolute atomic E-state index is 0.162. The molecule has 2 aromatic carbocycles. The number of thioether (sulfide) groups is 1. The number of amides is 1. The molecule has 9 heteroatoms. The monoisotopic (exact) mass is 426 g/mol. The van der Waals surface area contributed by atoms with Crippen LogP contribution in [0, 0.1) is 0 Å². The fourth-order valence-electron chi connectivity index (χ4n) is 2.20. The number of benzene rings is 2. The predicted octanol–water partition coefficient (Wildman–Crippen LogP) is 5.17. The van der Waals surface area contributed by atoms with Crippen LogP contribution >= 0.6 is 46.6 Å². The van der Waals surface area contributed by atoms with Gasteiger partial charge >= 0.3 is 0 Å². The first-order chi connectivity index (χ1) is 12.4. The highest BCUT2D eigenvalue weighted by Gasteiger charge is 2.14. The van der Waals surface area contributed by atoms with Crippen molar-refractivity contribution in [2.45, 2.75) is 5.16 Å². The molecule has 0 saturated heterocycles. The van der Waals surface area contributed by atoms with Crippen LogP contribution in [0.2, 0.25) is 15.1 Å². The molecule has 3 rings (SSSR count). The van der Waals surface area contributed by atoms with Crippen LogP contribution in [0.15, 0.2) is 47.6 Å². The summed E-state index contributed by atoms with van der Waals surface area (Å²) in [5.74, 6) is 0.646. The molecule has 0 unspecified atom stereocenters. The van der Waals surface area contributed by atoms with Gasteiger partial charge in [0, 0.05) is 22.7 Å². The number of nitrogens with one attached hydrogen (secondary N) is 1. The maximum absolute atomic E-state index is 12.2. The van der Waals surface area contributed by atoms with Gasteiger partial charge in [-0.2, -0.15) is 0 Å². The molecule has 0 bridgehead atoms. The van der Waals surface area contributed by atoms with Gasteiger partial charge in [-0.25, -0.2) is 0 Å². The molecular weight excluding hydrogens is 415 g/mol. The van der Waals surface area contributed by atoms with Crippen molar-refractivity contribution in [3.8, 4) is 11.4 Å². The molecule has 1 aromatic heterocycles. The van der Waals surface area contributed by atoms with E-state index in [1.54, 1.807) is 30.3 Å². The van der Waals surface area contributed by atoms with Crippen LogP contribution in [-0.4, -0.2) is 26.4 Å². The number of nitrogens with zero attached hydrogens (tertiary/aromatic N) is 3. The highest BCUT2D eigenvalue weighted by molar-refractivity contribution is 7.99. The molecule has 0 atom stereocenters. The number of carbonyl (C=O) groups excluding carboxylic acids is 1. The van der Waals surface area contributed by atoms with Crippen LogP contribution in [-0.2, 0) is 11.8 Å². The lowest BCUT2D eigenvalue weighted by Crippen LogP contribution is -2.14. The Morgan fingerprint density at radius 2 is 1.77 bits per heavy atom. The van der Waals surface area contributed by atoms with Gasteiger partial charge in [0.1, 0.15) is 0 Å². The molecule has 3 aromatic rings. The molecular formula is C17H13Cl3N4OS. The maximum atomic E-state index is 12.2. The molecule has 0 aliphatic carbocycles. The van der Waals surface area contributed by atoms with E-state index in [4.69, 9.17) is 34.8 Å². The van der Waals surface area contributed by atoms with Gasteiger partial charge in [0.05, 0.1) is 16.5 Å². The predicted molar refractivity (Wildman–Crippen MR) is 107 cm³/mol. The highest BCUT2D eigenvalue weighted by Crippen LogP contribution is 2.27. The second-order valence-corrected chi connectivity index (χ2v) is 7.56. The third kappa shape index (κ3) is 4.51. The van der Waals surface area contributed by atoms with Gasteiger partial charge in [-0.3, -0.25) is 4.79 Å². The van der Waals surface area contributed by atoms with Crippen LogP contribution in [0.3, 0.4) is 0 Å². The van der Waals surface area contributed by atoms with E-state index in [2.05, 4.69) is 15.5 Å². The largest absolute Gasteiger partial charge is 0.324 e. The van der Waals surface area contributed by atoms with E-state index in [0.717, 1.165) is 5.56 Å². The number of hydrogen-bond acceptors (Lipinski definition) is 4. The van der Waals surface area contributed by atoms with E-state index in [1.807, 2.05) is 23.7 Å². The Labute approximate surface area is 169 Å². The normalized spacial score (nSPS) is 10.8. The topological polar surface area (TPSA) is 59.8 Å². The molecule has 0 spiro atoms. The Kier molecular flexibility index (Phi) is 6.09. The SMILES string of the molecule is Cn1c(SCC(=O)Nc2cc(Cl)ccc2Cl)nnc1-c1ccc(Cl)cc1. The summed E-state index contributed by atoms with van der Waals surface area (Å²) in [6, 6.07) is 12.2. The first-order valence-corrected chi connectivity index (χ1v) is 9.59. The first-order valence-electron chi connectivity index (χ1n) is 7.47. The smallest absolute Gasteiger partial charge is 0.234 e. The lowest BCUT2D eigenvalue weighted by atomic mass is 10.2. The van der Waals surface area contributed by atoms with Crippen molar-refractivity contribution in [2.24, 2.45) is 7.05 Å². The van der Waals surface area contributed by atoms with E-state index in [0.29, 0.717) is 31.7 Å². The molecule has 0 aliphatic rings. The molecule has 1 N–H and O–H groups in total. The van der Waals surface area contributed by atoms with Crippen molar-refractivity contribution in [1.82, 2.24) is 14.8 Å². The van der Waals surface area contributed by atoms with Crippen LogP contribution in [0.4, 0.5) is 5.69 Å². The molecule has 0 saturated carbocycles. The number of hydrogen-bond donors (Lipinski definition) is 1. The number of aromatic nitrogens is 3. The Hall–Kier alpha value is -1.73. The summed E-state index contributed by atoms with van der Waals surface area (Å²) in [5, 5.41) is 13.3. The summed E-state index contributed by atoms with van der Waals surface area (Å²) >= 11 is 19.2. The number of rotatable bonds is 5. The summed E-state index contributed by atoms with van der Waals surface area (Å²) < 4.78 is 1.83. The van der Waals surface area contributed by atoms with E-state index >= 15 is 0 Å². The maximum Gasteiger partial charge on any atom is 0.234 e. The molecule has 26 heavy (non-hydrogen) atoms. The van der Waals surface area contributed by atoms with Crippen molar-refractivity contribution in [1.29, 1.82) is 0 Å². The zero-order valence-corrected chi connectivity index (χ0v) is 16.6. The quantitative estimate of drug-likeness (QED) is 0.570. The summed E-state index contributed by atoms with van der Waals surface area (Å²) in [4.78, 5) is 12.2. The van der Waals surface area contributed by atoms with Crippen LogP contribution in [0.5, 0.6) is 0 Å². The second kappa shape index (κ2) is 8.31. The molecule has 1 amide bonds. The third-order valence-electron chi connectivity index (χ3n) is 3.47. The van der Waals surface area contributed by atoms with Crippen molar-refractivity contribution in [2.75, 3.05) is 11.1 Å². The average Bonchev–Trinajstić information content (AvgIpc) is 2.98. The first kappa shape index (κ1) is 19.0. The lowest BCUT2D eigenvalue weighted by molar-refractivity contribution is -0.113. The van der Waals surface area contributed by atoms with E-state index in [9.17, 15) is 4.79 Å². The van der Waals surface area contributed by atoms with Gasteiger partial charge in [-0.1, -0.05) is 46.6 Å². The van der Waals surface area contributed by atoms with Crippen molar-refractivity contribution in [3.05, 3.63) is 57.5 Å². The minimum atomic E-state index is -0.213. The Balaban J connectivity index is 1.65. The van der Waals surface area contributed by atoms with Crippen molar-refractivity contribution >= 4 is 58.2 Å². The number of anilines is 1. The van der Waals surface area contributed by atoms with Gasteiger partial charge in [0.15, 0.2) is 11.0 Å². The zero-order chi connectivity index (χ0) is 18.7. The minimum Gasteiger partial charge on any atom is -0.324 e. The fraction of sp³-hybridized carbons (Fsp3) is 0.118. The van der Waals surface area contributed by atoms with Crippen LogP contribution < -0.4 is 5.32 Å². The van der Waals surface area contributed by atoms with Crippen LogP contribution in [0.1, 0.15) is 0 Å². The van der Waals surface area contributed by atoms with Crippen LogP contribution in [0.25, 0.3) is 11.4 Å². The zero-order valence-electron chi connectivity index (χ0n) is 13.5. The Bertz CT molecular complexity index is 944. The van der Waals surface area contributed by atoms with Gasteiger partial charge < -0.3 is 9.88 Å². The third-order valence-corrected chi connectivity index (χ3v) is 5.31. The van der Waals surface area contributed by atoms with Gasteiger partial charge in [-0.15, -0.1) is 10.2 Å². The average molecular weight is 428 g/mol. The molecule has 134 valence electrons. The lowest BCUT2D eigenvalue weighted by Gasteiger charge is -2.07. The van der Waals surface area contributed by atoms with Crippen molar-refractivity contribution < 1.29 is 4.79 Å².